The molecule has 1 aliphatic heterocycles. The predicted octanol–water partition coefficient (Wildman–Crippen LogP) is -0.781. The van der Waals surface area contributed by atoms with Gasteiger partial charge >= 0.3 is 0 Å². The van der Waals surface area contributed by atoms with Crippen LogP contribution in [0.4, 0.5) is 0 Å². The molecule has 4 N–H and O–H groups in total. The zero-order valence-electron chi connectivity index (χ0n) is 11.8. The largest absolute Gasteiger partial charge is 0.497 e. The molecule has 0 radical (unpaired) electrons. The molecule has 0 amide bonds. The molecule has 0 unspecified atom stereocenters. The minimum atomic E-state index is -1.43. The molecule has 1 aliphatic rings. The summed E-state index contributed by atoms with van der Waals surface area (Å²) in [5.41, 5.74) is 0.466. The summed E-state index contributed by atoms with van der Waals surface area (Å²) in [7, 11) is 2.97. The minimum Gasteiger partial charge on any atom is -0.497 e. The van der Waals surface area contributed by atoms with Gasteiger partial charge in [-0.15, -0.1) is 0 Å². The Balaban J connectivity index is 2.39. The summed E-state index contributed by atoms with van der Waals surface area (Å²) < 4.78 is 15.9. The van der Waals surface area contributed by atoms with Crippen LogP contribution in [0.5, 0.6) is 11.5 Å². The highest BCUT2D eigenvalue weighted by Gasteiger charge is 2.44. The molecule has 1 aromatic rings. The fraction of sp³-hybridized carbons (Fsp3) is 0.571. The molecule has 7 nitrogen and oxygen atoms in total. The summed E-state index contributed by atoms with van der Waals surface area (Å²) in [6, 6.07) is 4.95. The van der Waals surface area contributed by atoms with E-state index in [1.807, 2.05) is 0 Å². The van der Waals surface area contributed by atoms with E-state index in [0.29, 0.717) is 17.1 Å². The number of hydrogen-bond donors (Lipinski definition) is 4. The van der Waals surface area contributed by atoms with Gasteiger partial charge in [-0.05, 0) is 18.2 Å². The van der Waals surface area contributed by atoms with Crippen LogP contribution in [-0.4, -0.2) is 65.7 Å². The summed E-state index contributed by atoms with van der Waals surface area (Å²) in [4.78, 5) is 0. The van der Waals surface area contributed by atoms with E-state index in [-0.39, 0.29) is 0 Å². The van der Waals surface area contributed by atoms with Gasteiger partial charge in [0.15, 0.2) is 0 Å². The first-order valence-electron chi connectivity index (χ1n) is 6.56. The smallest absolute Gasteiger partial charge is 0.125 e. The van der Waals surface area contributed by atoms with Gasteiger partial charge in [-0.3, -0.25) is 0 Å². The Morgan fingerprint density at radius 3 is 2.33 bits per heavy atom. The average molecular weight is 300 g/mol. The third-order valence-electron chi connectivity index (χ3n) is 3.64. The summed E-state index contributed by atoms with van der Waals surface area (Å²) in [5, 5.41) is 39.0. The Bertz CT molecular complexity index is 476. The highest BCUT2D eigenvalue weighted by Crippen LogP contribution is 2.38. The lowest BCUT2D eigenvalue weighted by Gasteiger charge is -2.40. The van der Waals surface area contributed by atoms with Crippen LogP contribution in [0.15, 0.2) is 18.2 Å². The van der Waals surface area contributed by atoms with Gasteiger partial charge in [-0.1, -0.05) is 0 Å². The van der Waals surface area contributed by atoms with Gasteiger partial charge in [0.25, 0.3) is 0 Å². The average Bonchev–Trinajstić information content (AvgIpc) is 2.52. The molecule has 21 heavy (non-hydrogen) atoms. The molecule has 1 heterocycles. The standard InChI is InChI=1S/C14H20O7/c1-19-7-3-4-9(20-2)8(5-7)14-13(18)12(17)11(16)10(6-15)21-14/h3-5,10-18H,6H2,1-2H3/t10-,11-,12+,13-,14+/m1/s1. The molecule has 0 saturated carbocycles. The Morgan fingerprint density at radius 1 is 1.05 bits per heavy atom. The quantitative estimate of drug-likeness (QED) is 0.577. The first-order valence-corrected chi connectivity index (χ1v) is 6.56. The van der Waals surface area contributed by atoms with Crippen LogP contribution in [0.25, 0.3) is 0 Å². The highest BCUT2D eigenvalue weighted by molar-refractivity contribution is 5.42. The molecule has 1 saturated heterocycles. The van der Waals surface area contributed by atoms with E-state index in [2.05, 4.69) is 0 Å². The molecule has 1 fully saturated rings. The minimum absolute atomic E-state index is 0.445. The second-order valence-electron chi connectivity index (χ2n) is 4.86. The molecule has 7 heteroatoms. The number of hydrogen-bond acceptors (Lipinski definition) is 7. The van der Waals surface area contributed by atoms with E-state index in [9.17, 15) is 20.4 Å². The molecule has 5 atom stereocenters. The fourth-order valence-electron chi connectivity index (χ4n) is 2.42. The fourth-order valence-corrected chi connectivity index (χ4v) is 2.42. The number of rotatable bonds is 4. The maximum Gasteiger partial charge on any atom is 0.125 e. The van der Waals surface area contributed by atoms with Gasteiger partial charge in [0.05, 0.1) is 20.8 Å². The number of ether oxygens (including phenoxy) is 3. The zero-order valence-corrected chi connectivity index (χ0v) is 11.8. The van der Waals surface area contributed by atoms with Crippen molar-refractivity contribution in [1.29, 1.82) is 0 Å². The van der Waals surface area contributed by atoms with Crippen LogP contribution in [0.3, 0.4) is 0 Å². The lowest BCUT2D eigenvalue weighted by Crippen LogP contribution is -2.55. The van der Waals surface area contributed by atoms with Crippen LogP contribution in [0.1, 0.15) is 11.7 Å². The number of methoxy groups -OCH3 is 2. The van der Waals surface area contributed by atoms with Crippen molar-refractivity contribution < 1.29 is 34.6 Å². The predicted molar refractivity (Wildman–Crippen MR) is 72.3 cm³/mol. The lowest BCUT2D eigenvalue weighted by molar-refractivity contribution is -0.232. The van der Waals surface area contributed by atoms with Crippen molar-refractivity contribution in [2.75, 3.05) is 20.8 Å². The first-order chi connectivity index (χ1) is 10.0. The van der Waals surface area contributed by atoms with Gasteiger partial charge in [0.1, 0.15) is 42.0 Å². The van der Waals surface area contributed by atoms with E-state index >= 15 is 0 Å². The molecule has 2 rings (SSSR count). The molecule has 0 aliphatic carbocycles. The number of benzene rings is 1. The molecule has 0 bridgehead atoms. The van der Waals surface area contributed by atoms with Crippen LogP contribution in [0, 0.1) is 0 Å². The molecule has 0 aromatic heterocycles. The topological polar surface area (TPSA) is 109 Å². The maximum atomic E-state index is 10.1. The van der Waals surface area contributed by atoms with Crippen LogP contribution in [-0.2, 0) is 4.74 Å². The summed E-state index contributed by atoms with van der Waals surface area (Å²) in [6.45, 7) is -0.478. The van der Waals surface area contributed by atoms with Crippen LogP contribution in [0.2, 0.25) is 0 Å². The Morgan fingerprint density at radius 2 is 1.76 bits per heavy atom. The Kier molecular flexibility index (Phi) is 5.02. The molecule has 1 aromatic carbocycles. The zero-order chi connectivity index (χ0) is 15.6. The van der Waals surface area contributed by atoms with Gasteiger partial charge in [-0.25, -0.2) is 0 Å². The third kappa shape index (κ3) is 2.97. The van der Waals surface area contributed by atoms with Crippen molar-refractivity contribution in [3.63, 3.8) is 0 Å². The van der Waals surface area contributed by atoms with E-state index < -0.39 is 37.1 Å². The SMILES string of the molecule is COc1ccc(OC)c([C@@H]2O[C@H](CO)[C@@H](O)[C@H](O)[C@H]2O)c1. The van der Waals surface area contributed by atoms with Crippen molar-refractivity contribution in [3.8, 4) is 11.5 Å². The van der Waals surface area contributed by atoms with Crippen molar-refractivity contribution >= 4 is 0 Å². The van der Waals surface area contributed by atoms with Crippen molar-refractivity contribution in [1.82, 2.24) is 0 Å². The summed E-state index contributed by atoms with van der Waals surface area (Å²) >= 11 is 0. The van der Waals surface area contributed by atoms with Gasteiger partial charge in [0, 0.05) is 5.56 Å². The summed E-state index contributed by atoms with van der Waals surface area (Å²) in [6.07, 6.45) is -6.10. The molecular weight excluding hydrogens is 280 g/mol. The lowest BCUT2D eigenvalue weighted by atomic mass is 9.91. The van der Waals surface area contributed by atoms with Crippen LogP contribution >= 0.6 is 0 Å². The van der Waals surface area contributed by atoms with Crippen molar-refractivity contribution in [3.05, 3.63) is 23.8 Å². The molecule has 0 spiro atoms. The monoisotopic (exact) mass is 300 g/mol. The summed E-state index contributed by atoms with van der Waals surface area (Å²) in [5.74, 6) is 0.975. The second-order valence-corrected chi connectivity index (χ2v) is 4.86. The highest BCUT2D eigenvalue weighted by atomic mass is 16.5. The van der Waals surface area contributed by atoms with E-state index in [0.717, 1.165) is 0 Å². The van der Waals surface area contributed by atoms with Gasteiger partial charge in [0.2, 0.25) is 0 Å². The van der Waals surface area contributed by atoms with E-state index in [4.69, 9.17) is 14.2 Å². The second kappa shape index (κ2) is 6.59. The first kappa shape index (κ1) is 16.0. The Labute approximate surface area is 122 Å². The normalized spacial score (nSPS) is 32.8. The Hall–Kier alpha value is -1.38. The molecular formula is C14H20O7. The molecule has 118 valence electrons. The van der Waals surface area contributed by atoms with Crippen molar-refractivity contribution in [2.45, 2.75) is 30.5 Å². The number of aliphatic hydroxyl groups is 4. The van der Waals surface area contributed by atoms with Crippen molar-refractivity contribution in [2.24, 2.45) is 0 Å². The van der Waals surface area contributed by atoms with E-state index in [1.54, 1.807) is 18.2 Å². The number of aliphatic hydroxyl groups excluding tert-OH is 4. The third-order valence-corrected chi connectivity index (χ3v) is 3.64. The van der Waals surface area contributed by atoms with Gasteiger partial charge < -0.3 is 34.6 Å². The maximum absolute atomic E-state index is 10.1. The van der Waals surface area contributed by atoms with Crippen LogP contribution < -0.4 is 9.47 Å². The van der Waals surface area contributed by atoms with E-state index in [1.165, 1.54) is 14.2 Å². The van der Waals surface area contributed by atoms with Gasteiger partial charge in [-0.2, -0.15) is 0 Å².